The van der Waals surface area contributed by atoms with Gasteiger partial charge in [-0.2, -0.15) is 0 Å². The molecule has 0 radical (unpaired) electrons. The first kappa shape index (κ1) is 30.9. The minimum Gasteiger partial charge on any atom is -0.482 e. The molecule has 0 bridgehead atoms. The highest BCUT2D eigenvalue weighted by Crippen LogP contribution is 2.37. The third kappa shape index (κ3) is 8.50. The van der Waals surface area contributed by atoms with Gasteiger partial charge in [-0.25, -0.2) is 4.79 Å². The summed E-state index contributed by atoms with van der Waals surface area (Å²) in [4.78, 5) is 39.7. The number of hydrogen-bond acceptors (Lipinski definition) is 8. The molecule has 2 aliphatic rings. The van der Waals surface area contributed by atoms with Gasteiger partial charge in [0.05, 0.1) is 13.7 Å². The Morgan fingerprint density at radius 2 is 1.68 bits per heavy atom. The van der Waals surface area contributed by atoms with E-state index in [9.17, 15) is 14.4 Å². The second-order valence-corrected chi connectivity index (χ2v) is 11.0. The van der Waals surface area contributed by atoms with Gasteiger partial charge in [0.2, 0.25) is 18.6 Å². The van der Waals surface area contributed by atoms with Crippen LogP contribution in [0, 0.1) is 0 Å². The van der Waals surface area contributed by atoms with Crippen LogP contribution in [0.2, 0.25) is 0 Å². The van der Waals surface area contributed by atoms with E-state index in [1.807, 2.05) is 59.5 Å². The largest absolute Gasteiger partial charge is 0.482 e. The van der Waals surface area contributed by atoms with Gasteiger partial charge in [-0.15, -0.1) is 0 Å². The van der Waals surface area contributed by atoms with Crippen molar-refractivity contribution in [1.29, 1.82) is 0 Å². The zero-order chi connectivity index (χ0) is 30.7. The molecule has 10 nitrogen and oxygen atoms in total. The van der Waals surface area contributed by atoms with Gasteiger partial charge < -0.3 is 29.6 Å². The standard InChI is InChI=1S/C34H39N3O7/c1-41-34(40)22-42-29-11-8-26(27-9-12-30-31(19-27)44-23-43-30)18-28(29)20-37-17-5-15-35-32(38)13-10-25(14-16-36-33(39)21-37)24-6-3-2-4-7-24/h2-4,6-9,11-12,18-19,25H,5,10,13-17,20-23H2,1H3,(H,35,38)(H,36,39). The van der Waals surface area contributed by atoms with Gasteiger partial charge in [0.15, 0.2) is 18.1 Å². The Labute approximate surface area is 257 Å². The molecule has 3 aromatic carbocycles. The van der Waals surface area contributed by atoms with Crippen LogP contribution in [0.15, 0.2) is 66.7 Å². The van der Waals surface area contributed by atoms with Crippen molar-refractivity contribution in [2.45, 2.75) is 38.1 Å². The van der Waals surface area contributed by atoms with Crippen molar-refractivity contribution in [2.75, 3.05) is 46.7 Å². The lowest BCUT2D eigenvalue weighted by molar-refractivity contribution is -0.143. The Kier molecular flexibility index (Phi) is 10.7. The van der Waals surface area contributed by atoms with Gasteiger partial charge in [-0.1, -0.05) is 42.5 Å². The number of amides is 2. The Hall–Kier alpha value is -4.57. The molecule has 10 heteroatoms. The zero-order valence-corrected chi connectivity index (χ0v) is 25.0. The van der Waals surface area contributed by atoms with Crippen LogP contribution in [-0.2, 0) is 25.7 Å². The molecule has 2 aliphatic heterocycles. The molecule has 2 amide bonds. The van der Waals surface area contributed by atoms with Gasteiger partial charge in [0, 0.05) is 38.2 Å². The smallest absolute Gasteiger partial charge is 0.343 e. The number of nitrogens with zero attached hydrogens (tertiary/aromatic N) is 1. The predicted octanol–water partition coefficient (Wildman–Crippen LogP) is 4.03. The first-order chi connectivity index (χ1) is 21.5. The molecule has 232 valence electrons. The number of benzene rings is 3. The third-order valence-corrected chi connectivity index (χ3v) is 7.88. The lowest BCUT2D eigenvalue weighted by Crippen LogP contribution is -2.39. The Morgan fingerprint density at radius 1 is 0.909 bits per heavy atom. The quantitative estimate of drug-likeness (QED) is 0.390. The van der Waals surface area contributed by atoms with Gasteiger partial charge in [0.1, 0.15) is 5.75 Å². The van der Waals surface area contributed by atoms with Crippen LogP contribution in [0.3, 0.4) is 0 Å². The molecule has 2 heterocycles. The summed E-state index contributed by atoms with van der Waals surface area (Å²) in [5, 5.41) is 6.13. The van der Waals surface area contributed by atoms with Crippen LogP contribution >= 0.6 is 0 Å². The SMILES string of the molecule is COC(=O)COc1ccc(-c2ccc3c(c2)OCO3)cc1CN1CCCNC(=O)CCC(c2ccccc2)CCNC(=O)C1. The maximum absolute atomic E-state index is 13.1. The molecule has 0 spiro atoms. The number of ether oxygens (including phenoxy) is 4. The van der Waals surface area contributed by atoms with E-state index < -0.39 is 5.97 Å². The molecule has 1 unspecified atom stereocenters. The molecule has 3 aromatic rings. The minimum absolute atomic E-state index is 0.0356. The number of methoxy groups -OCH3 is 1. The molecule has 5 rings (SSSR count). The highest BCUT2D eigenvalue weighted by atomic mass is 16.7. The molecule has 1 atom stereocenters. The van der Waals surface area contributed by atoms with E-state index in [0.29, 0.717) is 56.3 Å². The fourth-order valence-electron chi connectivity index (χ4n) is 5.52. The van der Waals surface area contributed by atoms with Crippen molar-refractivity contribution in [1.82, 2.24) is 15.5 Å². The van der Waals surface area contributed by atoms with Gasteiger partial charge in [-0.3, -0.25) is 14.5 Å². The van der Waals surface area contributed by atoms with E-state index in [-0.39, 0.29) is 37.7 Å². The topological polar surface area (TPSA) is 115 Å². The first-order valence-electron chi connectivity index (χ1n) is 15.0. The van der Waals surface area contributed by atoms with Gasteiger partial charge in [-0.05, 0) is 66.1 Å². The highest BCUT2D eigenvalue weighted by molar-refractivity contribution is 5.78. The van der Waals surface area contributed by atoms with Crippen LogP contribution in [0.5, 0.6) is 17.2 Å². The summed E-state index contributed by atoms with van der Waals surface area (Å²) < 4.78 is 21.6. The maximum atomic E-state index is 13.1. The van der Waals surface area contributed by atoms with E-state index in [1.165, 1.54) is 12.7 Å². The van der Waals surface area contributed by atoms with Crippen molar-refractivity contribution in [3.8, 4) is 28.4 Å². The zero-order valence-electron chi connectivity index (χ0n) is 25.0. The maximum Gasteiger partial charge on any atom is 0.343 e. The fourth-order valence-corrected chi connectivity index (χ4v) is 5.52. The number of nitrogens with one attached hydrogen (secondary N) is 2. The Balaban J connectivity index is 1.34. The molecule has 1 fully saturated rings. The van der Waals surface area contributed by atoms with E-state index in [0.717, 1.165) is 29.5 Å². The number of esters is 1. The van der Waals surface area contributed by atoms with Crippen molar-refractivity contribution >= 4 is 17.8 Å². The summed E-state index contributed by atoms with van der Waals surface area (Å²) >= 11 is 0. The molecule has 44 heavy (non-hydrogen) atoms. The first-order valence-corrected chi connectivity index (χ1v) is 15.0. The second kappa shape index (κ2) is 15.2. The van der Waals surface area contributed by atoms with Crippen molar-refractivity contribution in [2.24, 2.45) is 0 Å². The average molecular weight is 602 g/mol. The summed E-state index contributed by atoms with van der Waals surface area (Å²) in [6.45, 7) is 2.12. The minimum atomic E-state index is -0.488. The number of carbonyl (C=O) groups is 3. The number of rotatable bonds is 7. The Bertz CT molecular complexity index is 1450. The van der Waals surface area contributed by atoms with E-state index in [4.69, 9.17) is 18.9 Å². The molecule has 1 saturated heterocycles. The lowest BCUT2D eigenvalue weighted by Gasteiger charge is -2.25. The molecule has 2 N–H and O–H groups in total. The third-order valence-electron chi connectivity index (χ3n) is 7.88. The highest BCUT2D eigenvalue weighted by Gasteiger charge is 2.20. The normalized spacial score (nSPS) is 18.1. The van der Waals surface area contributed by atoms with Crippen molar-refractivity contribution < 1.29 is 33.3 Å². The van der Waals surface area contributed by atoms with Crippen LogP contribution in [0.25, 0.3) is 11.1 Å². The van der Waals surface area contributed by atoms with Crippen molar-refractivity contribution in [3.63, 3.8) is 0 Å². The molecule has 0 aromatic heterocycles. The van der Waals surface area contributed by atoms with Crippen LogP contribution in [0.1, 0.15) is 42.7 Å². The number of fused-ring (bicyclic) bond motifs is 1. The second-order valence-electron chi connectivity index (χ2n) is 11.0. The molecular weight excluding hydrogens is 562 g/mol. The summed E-state index contributed by atoms with van der Waals surface area (Å²) in [6, 6.07) is 21.6. The van der Waals surface area contributed by atoms with Crippen molar-refractivity contribution in [3.05, 3.63) is 77.9 Å². The van der Waals surface area contributed by atoms with Gasteiger partial charge in [0.25, 0.3) is 0 Å². The fraction of sp³-hybridized carbons (Fsp3) is 0.382. The van der Waals surface area contributed by atoms with Crippen LogP contribution < -0.4 is 24.8 Å². The van der Waals surface area contributed by atoms with E-state index in [1.54, 1.807) is 0 Å². The van der Waals surface area contributed by atoms with Gasteiger partial charge >= 0.3 is 5.97 Å². The summed E-state index contributed by atoms with van der Waals surface area (Å²) in [5.74, 6) is 1.56. The summed E-state index contributed by atoms with van der Waals surface area (Å²) in [6.07, 6.45) is 2.57. The number of hydrogen-bond donors (Lipinski definition) is 2. The lowest BCUT2D eigenvalue weighted by atomic mass is 9.91. The summed E-state index contributed by atoms with van der Waals surface area (Å²) in [5.41, 5.74) is 3.84. The van der Waals surface area contributed by atoms with Crippen LogP contribution in [0.4, 0.5) is 0 Å². The molecule has 0 saturated carbocycles. The average Bonchev–Trinajstić information content (AvgIpc) is 3.52. The molecular formula is C34H39N3O7. The molecule has 0 aliphatic carbocycles. The monoisotopic (exact) mass is 601 g/mol. The van der Waals surface area contributed by atoms with Crippen LogP contribution in [-0.4, -0.2) is 69.4 Å². The summed E-state index contributed by atoms with van der Waals surface area (Å²) in [7, 11) is 1.32. The predicted molar refractivity (Wildman–Crippen MR) is 164 cm³/mol. The van der Waals surface area contributed by atoms with E-state index in [2.05, 4.69) is 22.8 Å². The Morgan fingerprint density at radius 3 is 2.52 bits per heavy atom. The van der Waals surface area contributed by atoms with E-state index >= 15 is 0 Å². The number of carbonyl (C=O) groups excluding carboxylic acids is 3.